The highest BCUT2D eigenvalue weighted by molar-refractivity contribution is 8.15. The molecule has 1 spiro atoms. The number of benzene rings is 2. The van der Waals surface area contributed by atoms with Crippen molar-refractivity contribution in [2.75, 3.05) is 16.4 Å². The topological polar surface area (TPSA) is 53.5 Å². The molecule has 1 aliphatic heterocycles. The molecule has 1 aliphatic carbocycles. The maximum Gasteiger partial charge on any atom is 0.234 e. The van der Waals surface area contributed by atoms with Crippen molar-refractivity contribution in [3.05, 3.63) is 58.6 Å². The first-order valence-electron chi connectivity index (χ1n) is 9.71. The number of nitrogens with zero attached hydrogens (tertiary/aromatic N) is 1. The number of aliphatic imine (C=N–C) groups is 1. The van der Waals surface area contributed by atoms with Crippen molar-refractivity contribution in [1.82, 2.24) is 0 Å². The summed E-state index contributed by atoms with van der Waals surface area (Å²) in [5.41, 5.74) is 3.69. The zero-order valence-electron chi connectivity index (χ0n) is 15.9. The van der Waals surface area contributed by atoms with Crippen LogP contribution in [-0.4, -0.2) is 22.4 Å². The van der Waals surface area contributed by atoms with Gasteiger partial charge < -0.3 is 10.6 Å². The Morgan fingerprint density at radius 1 is 1.21 bits per heavy atom. The average molecular weight is 414 g/mol. The number of para-hydroxylation sites is 1. The molecule has 0 bridgehead atoms. The molecule has 2 aromatic carbocycles. The molecule has 28 heavy (non-hydrogen) atoms. The second kappa shape index (κ2) is 8.18. The van der Waals surface area contributed by atoms with Crippen LogP contribution in [0.15, 0.2) is 47.5 Å². The number of halogens is 1. The molecule has 1 fully saturated rings. The Balaban J connectivity index is 1.49. The van der Waals surface area contributed by atoms with Gasteiger partial charge in [0.25, 0.3) is 0 Å². The minimum atomic E-state index is -0.217. The summed E-state index contributed by atoms with van der Waals surface area (Å²) >= 11 is 7.73. The van der Waals surface area contributed by atoms with E-state index in [1.54, 1.807) is 0 Å². The Morgan fingerprint density at radius 2 is 2.00 bits per heavy atom. The van der Waals surface area contributed by atoms with Gasteiger partial charge in [0.05, 0.1) is 16.5 Å². The third kappa shape index (κ3) is 4.20. The van der Waals surface area contributed by atoms with Crippen LogP contribution in [0.5, 0.6) is 0 Å². The molecular formula is C22H24ClN3OS. The van der Waals surface area contributed by atoms with Gasteiger partial charge in [-0.05, 0) is 56.4 Å². The highest BCUT2D eigenvalue weighted by Crippen LogP contribution is 2.39. The minimum Gasteiger partial charge on any atom is -0.361 e. The standard InChI is InChI=1S/C22H24ClN3OS/c1-15-9-10-19(17(23)13-15)24-20(27)14-28-21-16-7-3-4-8-18(16)25-22(26-21)11-5-2-6-12-22/h3-4,7-10,13,25H,2,5-6,11-12,14H2,1H3,(H,24,27). The Kier molecular flexibility index (Phi) is 5.65. The first-order chi connectivity index (χ1) is 13.5. The van der Waals surface area contributed by atoms with Gasteiger partial charge in [0, 0.05) is 11.3 Å². The van der Waals surface area contributed by atoms with E-state index in [9.17, 15) is 4.79 Å². The number of carbonyl (C=O) groups excluding carboxylic acids is 1. The van der Waals surface area contributed by atoms with Crippen LogP contribution in [0.1, 0.15) is 43.2 Å². The fourth-order valence-electron chi connectivity index (χ4n) is 3.84. The van der Waals surface area contributed by atoms with Crippen LogP contribution < -0.4 is 10.6 Å². The summed E-state index contributed by atoms with van der Waals surface area (Å²) < 4.78 is 0. The lowest BCUT2D eigenvalue weighted by Gasteiger charge is -2.39. The van der Waals surface area contributed by atoms with Crippen molar-refractivity contribution >= 4 is 45.7 Å². The number of carbonyl (C=O) groups is 1. The Hall–Kier alpha value is -1.98. The molecule has 0 unspecified atom stereocenters. The van der Waals surface area contributed by atoms with E-state index in [-0.39, 0.29) is 11.6 Å². The molecule has 1 amide bonds. The fourth-order valence-corrected chi connectivity index (χ4v) is 5.03. The molecule has 146 valence electrons. The molecule has 0 saturated heterocycles. The number of aryl methyl sites for hydroxylation is 1. The van der Waals surface area contributed by atoms with Crippen molar-refractivity contribution in [3.8, 4) is 0 Å². The van der Waals surface area contributed by atoms with Gasteiger partial charge in [-0.1, -0.05) is 54.0 Å². The van der Waals surface area contributed by atoms with E-state index in [0.29, 0.717) is 16.5 Å². The zero-order chi connectivity index (χ0) is 19.6. The van der Waals surface area contributed by atoms with Crippen LogP contribution in [0.25, 0.3) is 0 Å². The average Bonchev–Trinajstić information content (AvgIpc) is 2.69. The number of nitrogens with one attached hydrogen (secondary N) is 2. The molecule has 0 atom stereocenters. The number of hydrogen-bond acceptors (Lipinski definition) is 4. The molecular weight excluding hydrogens is 390 g/mol. The lowest BCUT2D eigenvalue weighted by Crippen LogP contribution is -2.42. The molecule has 2 N–H and O–H groups in total. The van der Waals surface area contributed by atoms with Gasteiger partial charge in [-0.3, -0.25) is 4.79 Å². The number of thioether (sulfide) groups is 1. The van der Waals surface area contributed by atoms with E-state index in [0.717, 1.165) is 34.7 Å². The predicted molar refractivity (Wildman–Crippen MR) is 120 cm³/mol. The van der Waals surface area contributed by atoms with E-state index < -0.39 is 0 Å². The minimum absolute atomic E-state index is 0.0767. The molecule has 2 aliphatic rings. The first-order valence-corrected chi connectivity index (χ1v) is 11.1. The smallest absolute Gasteiger partial charge is 0.234 e. The van der Waals surface area contributed by atoms with Crippen molar-refractivity contribution < 1.29 is 4.79 Å². The second-order valence-electron chi connectivity index (χ2n) is 7.50. The normalized spacial score (nSPS) is 17.4. The fraction of sp³-hybridized carbons (Fsp3) is 0.364. The maximum absolute atomic E-state index is 12.5. The predicted octanol–water partition coefficient (Wildman–Crippen LogP) is 5.85. The van der Waals surface area contributed by atoms with Gasteiger partial charge >= 0.3 is 0 Å². The summed E-state index contributed by atoms with van der Waals surface area (Å²) in [4.78, 5) is 17.6. The molecule has 2 aromatic rings. The summed E-state index contributed by atoms with van der Waals surface area (Å²) in [6, 6.07) is 13.9. The lowest BCUT2D eigenvalue weighted by molar-refractivity contribution is -0.113. The van der Waals surface area contributed by atoms with Crippen molar-refractivity contribution in [3.63, 3.8) is 0 Å². The van der Waals surface area contributed by atoms with E-state index in [4.69, 9.17) is 16.6 Å². The molecule has 1 saturated carbocycles. The Labute approximate surface area is 175 Å². The van der Waals surface area contributed by atoms with Crippen LogP contribution in [-0.2, 0) is 4.79 Å². The summed E-state index contributed by atoms with van der Waals surface area (Å²) in [7, 11) is 0. The van der Waals surface area contributed by atoms with Crippen LogP contribution in [0.2, 0.25) is 5.02 Å². The van der Waals surface area contributed by atoms with E-state index in [1.165, 1.54) is 31.0 Å². The summed E-state index contributed by atoms with van der Waals surface area (Å²) in [5.74, 6) is 0.222. The monoisotopic (exact) mass is 413 g/mol. The molecule has 1 heterocycles. The van der Waals surface area contributed by atoms with E-state index >= 15 is 0 Å². The third-order valence-electron chi connectivity index (χ3n) is 5.26. The quantitative estimate of drug-likeness (QED) is 0.663. The van der Waals surface area contributed by atoms with Crippen molar-refractivity contribution in [1.29, 1.82) is 0 Å². The van der Waals surface area contributed by atoms with Crippen LogP contribution in [0, 0.1) is 6.92 Å². The Morgan fingerprint density at radius 3 is 2.79 bits per heavy atom. The summed E-state index contributed by atoms with van der Waals surface area (Å²) in [5, 5.41) is 8.08. The van der Waals surface area contributed by atoms with Crippen molar-refractivity contribution in [2.45, 2.75) is 44.7 Å². The highest BCUT2D eigenvalue weighted by atomic mass is 35.5. The number of anilines is 2. The first kappa shape index (κ1) is 19.3. The van der Waals surface area contributed by atoms with Crippen LogP contribution >= 0.6 is 23.4 Å². The van der Waals surface area contributed by atoms with Gasteiger partial charge in [0.15, 0.2) is 0 Å². The Bertz CT molecular complexity index is 922. The SMILES string of the molecule is Cc1ccc(NC(=O)CSC2=NC3(CCCCC3)Nc3ccccc32)c(Cl)c1. The summed E-state index contributed by atoms with van der Waals surface area (Å²) in [6.07, 6.45) is 5.71. The highest BCUT2D eigenvalue weighted by Gasteiger charge is 2.36. The van der Waals surface area contributed by atoms with Gasteiger partial charge in [-0.25, -0.2) is 4.99 Å². The number of hydrogen-bond donors (Lipinski definition) is 2. The van der Waals surface area contributed by atoms with Gasteiger partial charge in [-0.2, -0.15) is 0 Å². The molecule has 4 nitrogen and oxygen atoms in total. The van der Waals surface area contributed by atoms with E-state index in [1.807, 2.05) is 37.3 Å². The maximum atomic E-state index is 12.5. The number of rotatable bonds is 3. The molecule has 6 heteroatoms. The number of amides is 1. The third-order valence-corrected chi connectivity index (χ3v) is 6.56. The van der Waals surface area contributed by atoms with Gasteiger partial charge in [0.2, 0.25) is 5.91 Å². The van der Waals surface area contributed by atoms with Crippen molar-refractivity contribution in [2.24, 2.45) is 4.99 Å². The van der Waals surface area contributed by atoms with Gasteiger partial charge in [-0.15, -0.1) is 0 Å². The van der Waals surface area contributed by atoms with Gasteiger partial charge in [0.1, 0.15) is 10.7 Å². The molecule has 0 aromatic heterocycles. The van der Waals surface area contributed by atoms with Crippen LogP contribution in [0.3, 0.4) is 0 Å². The summed E-state index contributed by atoms with van der Waals surface area (Å²) in [6.45, 7) is 1.97. The number of fused-ring (bicyclic) bond motifs is 1. The zero-order valence-corrected chi connectivity index (χ0v) is 17.5. The van der Waals surface area contributed by atoms with Crippen LogP contribution in [0.4, 0.5) is 11.4 Å². The largest absolute Gasteiger partial charge is 0.361 e. The second-order valence-corrected chi connectivity index (χ2v) is 8.87. The molecule has 4 rings (SSSR count). The lowest BCUT2D eigenvalue weighted by atomic mass is 9.88. The molecule has 0 radical (unpaired) electrons. The van der Waals surface area contributed by atoms with E-state index in [2.05, 4.69) is 22.8 Å².